The van der Waals surface area contributed by atoms with Crippen LogP contribution in [0.15, 0.2) is 0 Å². The number of carbonyl (C=O) groups excluding carboxylic acids is 1. The van der Waals surface area contributed by atoms with E-state index in [4.69, 9.17) is 5.11 Å². The van der Waals surface area contributed by atoms with Gasteiger partial charge in [0.1, 0.15) is 5.69 Å². The zero-order valence-electron chi connectivity index (χ0n) is 10.9. The maximum Gasteiger partial charge on any atom is 0.309 e. The number of rotatable bonds is 4. The molecular weight excluding hydrogens is 301 g/mol. The summed E-state index contributed by atoms with van der Waals surface area (Å²) >= 11 is 0. The van der Waals surface area contributed by atoms with Crippen molar-refractivity contribution in [3.05, 3.63) is 29.1 Å². The van der Waals surface area contributed by atoms with Gasteiger partial charge in [-0.15, -0.1) is 0 Å². The molecule has 9 heteroatoms. The van der Waals surface area contributed by atoms with E-state index in [0.717, 1.165) is 13.8 Å². The summed E-state index contributed by atoms with van der Waals surface area (Å²) in [5.41, 5.74) is -3.09. The molecule has 0 saturated heterocycles. The Morgan fingerprint density at radius 3 is 1.71 bits per heavy atom. The summed E-state index contributed by atoms with van der Waals surface area (Å²) in [5.74, 6) is -13.7. The number of hydrogen-bond acceptors (Lipinski definition) is 2. The van der Waals surface area contributed by atoms with Crippen LogP contribution in [0.4, 0.5) is 27.6 Å². The number of carbonyl (C=O) groups is 2. The highest BCUT2D eigenvalue weighted by Crippen LogP contribution is 2.28. The summed E-state index contributed by atoms with van der Waals surface area (Å²) in [6.07, 6.45) is -0.720. The van der Waals surface area contributed by atoms with Gasteiger partial charge in [-0.2, -0.15) is 0 Å². The molecule has 116 valence electrons. The van der Waals surface area contributed by atoms with Gasteiger partial charge in [0.05, 0.1) is 5.41 Å². The van der Waals surface area contributed by atoms with Crippen molar-refractivity contribution in [2.45, 2.75) is 20.3 Å². The predicted octanol–water partition coefficient (Wildman–Crippen LogP) is 2.82. The molecular formula is C12H10F5NO3. The highest BCUT2D eigenvalue weighted by molar-refractivity contribution is 5.94. The van der Waals surface area contributed by atoms with Gasteiger partial charge in [-0.05, 0) is 13.8 Å². The third kappa shape index (κ3) is 3.29. The van der Waals surface area contributed by atoms with Gasteiger partial charge in [0, 0.05) is 6.42 Å². The average molecular weight is 311 g/mol. The van der Waals surface area contributed by atoms with Crippen molar-refractivity contribution in [3.63, 3.8) is 0 Å². The minimum absolute atomic E-state index is 0.720. The zero-order valence-corrected chi connectivity index (χ0v) is 10.9. The number of aliphatic carboxylic acids is 1. The van der Waals surface area contributed by atoms with Crippen LogP contribution in [0.3, 0.4) is 0 Å². The van der Waals surface area contributed by atoms with Crippen LogP contribution >= 0.6 is 0 Å². The van der Waals surface area contributed by atoms with Crippen LogP contribution in [0.5, 0.6) is 0 Å². The minimum Gasteiger partial charge on any atom is -0.481 e. The molecule has 0 radical (unpaired) electrons. The van der Waals surface area contributed by atoms with Crippen molar-refractivity contribution in [2.24, 2.45) is 5.41 Å². The summed E-state index contributed by atoms with van der Waals surface area (Å²) in [4.78, 5) is 22.3. The Balaban J connectivity index is 3.10. The standard InChI is InChI=1S/C12H10F5NO3/c1-12(2,11(20)21)3-4(19)18-10-8(16)6(14)5(13)7(15)9(10)17/h3H2,1-2H3,(H,18,19)(H,20,21). The molecule has 0 aliphatic rings. The largest absolute Gasteiger partial charge is 0.481 e. The molecule has 0 heterocycles. The van der Waals surface area contributed by atoms with Gasteiger partial charge in [0.2, 0.25) is 11.7 Å². The lowest BCUT2D eigenvalue weighted by Crippen LogP contribution is -2.30. The minimum atomic E-state index is -2.35. The second kappa shape index (κ2) is 5.66. The van der Waals surface area contributed by atoms with Gasteiger partial charge < -0.3 is 10.4 Å². The third-order valence-corrected chi connectivity index (χ3v) is 2.66. The predicted molar refractivity (Wildman–Crippen MR) is 60.9 cm³/mol. The molecule has 0 aromatic heterocycles. The molecule has 1 aromatic rings. The summed E-state index contributed by atoms with van der Waals surface area (Å²) in [7, 11) is 0. The van der Waals surface area contributed by atoms with Gasteiger partial charge in [-0.3, -0.25) is 9.59 Å². The second-order valence-electron chi connectivity index (χ2n) is 4.86. The molecule has 4 nitrogen and oxygen atoms in total. The van der Waals surface area contributed by atoms with Crippen LogP contribution in [0.2, 0.25) is 0 Å². The van der Waals surface area contributed by atoms with Crippen molar-refractivity contribution in [2.75, 3.05) is 5.32 Å². The number of benzene rings is 1. The van der Waals surface area contributed by atoms with Crippen molar-refractivity contribution < 1.29 is 36.6 Å². The normalized spacial score (nSPS) is 11.4. The fourth-order valence-electron chi connectivity index (χ4n) is 1.38. The molecule has 1 aromatic carbocycles. The molecule has 0 fully saturated rings. The monoisotopic (exact) mass is 311 g/mol. The molecule has 2 N–H and O–H groups in total. The number of hydrogen-bond donors (Lipinski definition) is 2. The van der Waals surface area contributed by atoms with E-state index in [-0.39, 0.29) is 0 Å². The van der Waals surface area contributed by atoms with Gasteiger partial charge in [-0.1, -0.05) is 0 Å². The number of carboxylic acids is 1. The smallest absolute Gasteiger partial charge is 0.309 e. The maximum absolute atomic E-state index is 13.3. The van der Waals surface area contributed by atoms with Crippen LogP contribution in [0.25, 0.3) is 0 Å². The molecule has 21 heavy (non-hydrogen) atoms. The van der Waals surface area contributed by atoms with Gasteiger partial charge >= 0.3 is 5.97 Å². The molecule has 0 bridgehead atoms. The molecule has 0 aliphatic carbocycles. The SMILES string of the molecule is CC(C)(CC(=O)Nc1c(F)c(F)c(F)c(F)c1F)C(=O)O. The fraction of sp³-hybridized carbons (Fsp3) is 0.333. The van der Waals surface area contributed by atoms with E-state index < -0.39 is 58.5 Å². The van der Waals surface area contributed by atoms with Gasteiger partial charge in [0.25, 0.3) is 0 Å². The molecule has 0 spiro atoms. The summed E-state index contributed by atoms with van der Waals surface area (Å²) in [6.45, 7) is 2.32. The van der Waals surface area contributed by atoms with Crippen LogP contribution in [-0.2, 0) is 9.59 Å². The summed E-state index contributed by atoms with van der Waals surface area (Å²) < 4.78 is 65.2. The van der Waals surface area contributed by atoms with Crippen molar-refractivity contribution >= 4 is 17.6 Å². The van der Waals surface area contributed by atoms with E-state index in [9.17, 15) is 31.5 Å². The quantitative estimate of drug-likeness (QED) is 0.510. The van der Waals surface area contributed by atoms with E-state index in [2.05, 4.69) is 0 Å². The zero-order chi connectivity index (χ0) is 16.5. The molecule has 0 saturated carbocycles. The van der Waals surface area contributed by atoms with Gasteiger partial charge in [0.15, 0.2) is 23.3 Å². The highest BCUT2D eigenvalue weighted by atomic mass is 19.2. The van der Waals surface area contributed by atoms with E-state index in [0.29, 0.717) is 0 Å². The number of carboxylic acid groups (broad SMARTS) is 1. The lowest BCUT2D eigenvalue weighted by molar-refractivity contribution is -0.148. The average Bonchev–Trinajstić information content (AvgIpc) is 2.38. The number of halogens is 5. The lowest BCUT2D eigenvalue weighted by Gasteiger charge is -2.18. The number of amides is 1. The number of anilines is 1. The molecule has 0 aliphatic heterocycles. The van der Waals surface area contributed by atoms with Crippen LogP contribution in [0.1, 0.15) is 20.3 Å². The van der Waals surface area contributed by atoms with Crippen LogP contribution < -0.4 is 5.32 Å². The molecule has 1 amide bonds. The second-order valence-corrected chi connectivity index (χ2v) is 4.86. The Bertz CT molecular complexity index is 586. The topological polar surface area (TPSA) is 66.4 Å². The summed E-state index contributed by atoms with van der Waals surface area (Å²) in [5, 5.41) is 10.3. The van der Waals surface area contributed by atoms with Crippen molar-refractivity contribution in [3.8, 4) is 0 Å². The first-order valence-electron chi connectivity index (χ1n) is 5.53. The first-order chi connectivity index (χ1) is 9.49. The highest BCUT2D eigenvalue weighted by Gasteiger charge is 2.32. The Hall–Kier alpha value is -2.19. The Morgan fingerprint density at radius 1 is 0.952 bits per heavy atom. The number of nitrogens with one attached hydrogen (secondary N) is 1. The maximum atomic E-state index is 13.3. The lowest BCUT2D eigenvalue weighted by atomic mass is 9.89. The van der Waals surface area contributed by atoms with Crippen molar-refractivity contribution in [1.82, 2.24) is 0 Å². The van der Waals surface area contributed by atoms with E-state index in [1.54, 1.807) is 0 Å². The molecule has 0 atom stereocenters. The first-order valence-corrected chi connectivity index (χ1v) is 5.53. The van der Waals surface area contributed by atoms with E-state index in [1.165, 1.54) is 5.32 Å². The molecule has 1 rings (SSSR count). The van der Waals surface area contributed by atoms with Crippen LogP contribution in [0, 0.1) is 34.5 Å². The van der Waals surface area contributed by atoms with Gasteiger partial charge in [-0.25, -0.2) is 22.0 Å². The Labute approximate surface area is 115 Å². The Morgan fingerprint density at radius 2 is 1.33 bits per heavy atom. The van der Waals surface area contributed by atoms with Crippen molar-refractivity contribution in [1.29, 1.82) is 0 Å². The fourth-order valence-corrected chi connectivity index (χ4v) is 1.38. The van der Waals surface area contributed by atoms with E-state index >= 15 is 0 Å². The Kier molecular flexibility index (Phi) is 4.55. The molecule has 0 unspecified atom stereocenters. The van der Waals surface area contributed by atoms with E-state index in [1.807, 2.05) is 0 Å². The first kappa shape index (κ1) is 16.9. The third-order valence-electron chi connectivity index (χ3n) is 2.66. The van der Waals surface area contributed by atoms with Crippen LogP contribution in [-0.4, -0.2) is 17.0 Å². The summed E-state index contributed by atoms with van der Waals surface area (Å²) in [6, 6.07) is 0.